The fraction of sp³-hybridized carbons (Fsp3) is 0.700. The van der Waals surface area contributed by atoms with Gasteiger partial charge in [-0.3, -0.25) is 0 Å². The summed E-state index contributed by atoms with van der Waals surface area (Å²) in [6, 6.07) is 0. The van der Waals surface area contributed by atoms with Crippen molar-refractivity contribution >= 4 is 5.97 Å². The van der Waals surface area contributed by atoms with Crippen molar-refractivity contribution in [3.8, 4) is 0 Å². The van der Waals surface area contributed by atoms with Gasteiger partial charge in [-0.05, 0) is 13.3 Å². The minimum atomic E-state index is -1.03. The van der Waals surface area contributed by atoms with Gasteiger partial charge in [-0.25, -0.2) is 4.79 Å². The second-order valence-corrected chi connectivity index (χ2v) is 4.00. The minimum Gasteiger partial charge on any atom is -0.480 e. The number of aromatic nitrogens is 2. The van der Waals surface area contributed by atoms with Crippen molar-refractivity contribution in [1.82, 2.24) is 10.2 Å². The van der Waals surface area contributed by atoms with Crippen LogP contribution < -0.4 is 0 Å². The Bertz CT molecular complexity index is 392. The van der Waals surface area contributed by atoms with E-state index in [4.69, 9.17) is 19.0 Å². The quantitative estimate of drug-likeness (QED) is 0.806. The molecule has 1 N–H and O–H groups in total. The van der Waals surface area contributed by atoms with Crippen molar-refractivity contribution in [1.29, 1.82) is 0 Å². The van der Waals surface area contributed by atoms with Gasteiger partial charge in [0.2, 0.25) is 11.8 Å². The van der Waals surface area contributed by atoms with Crippen molar-refractivity contribution in [3.63, 3.8) is 0 Å². The highest BCUT2D eigenvalue weighted by atomic mass is 16.5. The third kappa shape index (κ3) is 3.24. The summed E-state index contributed by atoms with van der Waals surface area (Å²) in [7, 11) is 0. The van der Waals surface area contributed by atoms with Crippen molar-refractivity contribution in [2.24, 2.45) is 0 Å². The average Bonchev–Trinajstić information content (AvgIpc) is 2.86. The fourth-order valence-electron chi connectivity index (χ4n) is 1.70. The van der Waals surface area contributed by atoms with Crippen molar-refractivity contribution < 1.29 is 23.8 Å². The molecule has 2 atom stereocenters. The van der Waals surface area contributed by atoms with Crippen LogP contribution in [0.3, 0.4) is 0 Å². The van der Waals surface area contributed by atoms with E-state index in [9.17, 15) is 4.79 Å². The maximum Gasteiger partial charge on any atom is 0.329 e. The zero-order valence-electron chi connectivity index (χ0n) is 9.46. The predicted octanol–water partition coefficient (Wildman–Crippen LogP) is 0.563. The number of carboxylic acids is 1. The lowest BCUT2D eigenvalue weighted by molar-refractivity contribution is -0.142. The number of hydrogen-bond donors (Lipinski definition) is 1. The standard InChI is InChI=1S/C10H14N2O5/c1-6-2-7(3-16-6)10-12-11-8(17-10)4-15-5-9(13)14/h6-7H,2-5H2,1H3,(H,13,14). The van der Waals surface area contributed by atoms with E-state index in [-0.39, 0.29) is 25.2 Å². The molecule has 1 aliphatic heterocycles. The van der Waals surface area contributed by atoms with Gasteiger partial charge in [-0.2, -0.15) is 0 Å². The van der Waals surface area contributed by atoms with E-state index in [1.165, 1.54) is 0 Å². The lowest BCUT2D eigenvalue weighted by Gasteiger charge is -1.99. The number of carbonyl (C=O) groups is 1. The van der Waals surface area contributed by atoms with Gasteiger partial charge in [-0.1, -0.05) is 0 Å². The van der Waals surface area contributed by atoms with Gasteiger partial charge in [0.25, 0.3) is 0 Å². The topological polar surface area (TPSA) is 94.7 Å². The van der Waals surface area contributed by atoms with Crippen LogP contribution in [0.25, 0.3) is 0 Å². The average molecular weight is 242 g/mol. The van der Waals surface area contributed by atoms with Gasteiger partial charge in [0.1, 0.15) is 13.2 Å². The summed E-state index contributed by atoms with van der Waals surface area (Å²) in [5.74, 6) is -0.0717. The Labute approximate surface area is 97.7 Å². The van der Waals surface area contributed by atoms with Crippen molar-refractivity contribution in [2.75, 3.05) is 13.2 Å². The van der Waals surface area contributed by atoms with Gasteiger partial charge < -0.3 is 19.0 Å². The largest absolute Gasteiger partial charge is 0.480 e. The third-order valence-electron chi connectivity index (χ3n) is 2.48. The van der Waals surface area contributed by atoms with Crippen LogP contribution in [0.5, 0.6) is 0 Å². The monoisotopic (exact) mass is 242 g/mol. The second-order valence-electron chi connectivity index (χ2n) is 4.00. The Morgan fingerprint density at radius 2 is 2.41 bits per heavy atom. The summed E-state index contributed by atoms with van der Waals surface area (Å²) in [5.41, 5.74) is 0. The molecular weight excluding hydrogens is 228 g/mol. The Morgan fingerprint density at radius 3 is 3.06 bits per heavy atom. The van der Waals surface area contributed by atoms with Crippen LogP contribution in [0, 0.1) is 0 Å². The van der Waals surface area contributed by atoms with Crippen LogP contribution in [0.4, 0.5) is 0 Å². The highest BCUT2D eigenvalue weighted by molar-refractivity contribution is 5.67. The molecule has 1 fully saturated rings. The van der Waals surface area contributed by atoms with E-state index in [2.05, 4.69) is 10.2 Å². The first kappa shape index (κ1) is 12.0. The van der Waals surface area contributed by atoms with Crippen LogP contribution in [0.1, 0.15) is 31.0 Å². The molecule has 0 saturated carbocycles. The van der Waals surface area contributed by atoms with E-state index in [1.54, 1.807) is 0 Å². The molecule has 2 rings (SSSR count). The van der Waals surface area contributed by atoms with Crippen LogP contribution in [-0.4, -0.2) is 40.6 Å². The first-order valence-electron chi connectivity index (χ1n) is 5.38. The van der Waals surface area contributed by atoms with Gasteiger partial charge in [0.05, 0.1) is 18.6 Å². The Balaban J connectivity index is 1.85. The molecule has 7 nitrogen and oxygen atoms in total. The molecule has 2 heterocycles. The molecule has 0 spiro atoms. The van der Waals surface area contributed by atoms with Crippen LogP contribution in [-0.2, 0) is 20.9 Å². The van der Waals surface area contributed by atoms with E-state index >= 15 is 0 Å². The maximum atomic E-state index is 10.2. The number of ether oxygens (including phenoxy) is 2. The highest BCUT2D eigenvalue weighted by Crippen LogP contribution is 2.28. The number of nitrogens with zero attached hydrogens (tertiary/aromatic N) is 2. The minimum absolute atomic E-state index is 0.0163. The molecular formula is C10H14N2O5. The molecule has 0 amide bonds. The molecule has 1 saturated heterocycles. The predicted molar refractivity (Wildman–Crippen MR) is 54.4 cm³/mol. The van der Waals surface area contributed by atoms with Gasteiger partial charge in [0, 0.05) is 0 Å². The summed E-state index contributed by atoms with van der Waals surface area (Å²) in [5, 5.41) is 16.1. The second kappa shape index (κ2) is 5.24. The lowest BCUT2D eigenvalue weighted by atomic mass is 10.1. The number of carboxylic acid groups (broad SMARTS) is 1. The molecule has 1 aromatic heterocycles. The maximum absolute atomic E-state index is 10.2. The SMILES string of the molecule is CC1CC(c2nnc(COCC(=O)O)o2)CO1. The van der Waals surface area contributed by atoms with Gasteiger partial charge >= 0.3 is 5.97 Å². The molecule has 7 heteroatoms. The summed E-state index contributed by atoms with van der Waals surface area (Å²) < 4.78 is 15.6. The van der Waals surface area contributed by atoms with E-state index in [0.29, 0.717) is 18.4 Å². The van der Waals surface area contributed by atoms with E-state index in [1.807, 2.05) is 6.92 Å². The lowest BCUT2D eigenvalue weighted by Crippen LogP contribution is -2.06. The molecule has 1 aromatic rings. The molecule has 2 unspecified atom stereocenters. The van der Waals surface area contributed by atoms with Crippen LogP contribution >= 0.6 is 0 Å². The van der Waals surface area contributed by atoms with Crippen LogP contribution in [0.15, 0.2) is 4.42 Å². The highest BCUT2D eigenvalue weighted by Gasteiger charge is 2.28. The van der Waals surface area contributed by atoms with Gasteiger partial charge in [-0.15, -0.1) is 10.2 Å². The molecule has 0 bridgehead atoms. The Hall–Kier alpha value is -1.47. The van der Waals surface area contributed by atoms with E-state index in [0.717, 1.165) is 6.42 Å². The molecule has 94 valence electrons. The summed E-state index contributed by atoms with van der Waals surface area (Å²) in [4.78, 5) is 10.2. The zero-order valence-corrected chi connectivity index (χ0v) is 9.46. The van der Waals surface area contributed by atoms with Crippen LogP contribution in [0.2, 0.25) is 0 Å². The molecule has 0 aliphatic carbocycles. The smallest absolute Gasteiger partial charge is 0.329 e. The van der Waals surface area contributed by atoms with E-state index < -0.39 is 5.97 Å². The Kier molecular flexibility index (Phi) is 3.70. The summed E-state index contributed by atoms with van der Waals surface area (Å²) in [6.07, 6.45) is 1.07. The number of hydrogen-bond acceptors (Lipinski definition) is 6. The van der Waals surface area contributed by atoms with Crippen molar-refractivity contribution in [2.45, 2.75) is 32.0 Å². The summed E-state index contributed by atoms with van der Waals surface area (Å²) in [6.45, 7) is 2.22. The third-order valence-corrected chi connectivity index (χ3v) is 2.48. The first-order chi connectivity index (χ1) is 8.15. The molecule has 0 aromatic carbocycles. The van der Waals surface area contributed by atoms with Gasteiger partial charge in [0.15, 0.2) is 0 Å². The molecule has 0 radical (unpaired) electrons. The number of rotatable bonds is 5. The Morgan fingerprint density at radius 1 is 1.59 bits per heavy atom. The molecule has 1 aliphatic rings. The van der Waals surface area contributed by atoms with Crippen molar-refractivity contribution in [3.05, 3.63) is 11.8 Å². The number of aliphatic carboxylic acids is 1. The molecule has 17 heavy (non-hydrogen) atoms. The first-order valence-corrected chi connectivity index (χ1v) is 5.38. The normalized spacial score (nSPS) is 24.1. The zero-order chi connectivity index (χ0) is 12.3. The fourth-order valence-corrected chi connectivity index (χ4v) is 1.70. The summed E-state index contributed by atoms with van der Waals surface area (Å²) >= 11 is 0.